The molecular weight excluding hydrogens is 330 g/mol. The van der Waals surface area contributed by atoms with Crippen molar-refractivity contribution >= 4 is 11.8 Å². The summed E-state index contributed by atoms with van der Waals surface area (Å²) >= 11 is 0. The van der Waals surface area contributed by atoms with Crippen LogP contribution in [0, 0.1) is 0 Å². The lowest BCUT2D eigenvalue weighted by Gasteiger charge is -2.27. The van der Waals surface area contributed by atoms with Crippen LogP contribution in [-0.4, -0.2) is 50.0 Å². The number of hydrogen-bond acceptors (Lipinski definition) is 4. The topological polar surface area (TPSA) is 70.7 Å². The Balaban J connectivity index is 1.75. The first-order valence-electron chi connectivity index (χ1n) is 8.63. The molecule has 1 atom stereocenters. The van der Waals surface area contributed by atoms with Crippen molar-refractivity contribution in [3.8, 4) is 5.75 Å². The summed E-state index contributed by atoms with van der Waals surface area (Å²) in [5.74, 6) is 0.620. The van der Waals surface area contributed by atoms with Crippen LogP contribution in [0.15, 0.2) is 54.6 Å². The van der Waals surface area contributed by atoms with Crippen LogP contribution in [0.3, 0.4) is 0 Å². The molecule has 0 saturated carbocycles. The number of amides is 2. The number of ether oxygens (including phenoxy) is 1. The van der Waals surface area contributed by atoms with Gasteiger partial charge in [-0.25, -0.2) is 0 Å². The second kappa shape index (κ2) is 8.49. The third kappa shape index (κ3) is 4.61. The molecule has 1 heterocycles. The Morgan fingerprint density at radius 2 is 1.85 bits per heavy atom. The molecule has 2 aromatic carbocycles. The molecule has 2 N–H and O–H groups in total. The number of carbonyl (C=O) groups is 2. The van der Waals surface area contributed by atoms with Crippen molar-refractivity contribution in [3.63, 3.8) is 0 Å². The zero-order valence-electron chi connectivity index (χ0n) is 14.8. The average Bonchev–Trinajstić information content (AvgIpc) is 2.67. The molecule has 136 valence electrons. The maximum Gasteiger partial charge on any atom is 0.234 e. The Morgan fingerprint density at radius 3 is 2.50 bits per heavy atom. The molecule has 6 nitrogen and oxygen atoms in total. The van der Waals surface area contributed by atoms with E-state index in [0.29, 0.717) is 13.1 Å². The molecule has 0 bridgehead atoms. The minimum atomic E-state index is -0.256. The lowest BCUT2D eigenvalue weighted by atomic mass is 9.98. The zero-order valence-corrected chi connectivity index (χ0v) is 14.8. The van der Waals surface area contributed by atoms with Crippen molar-refractivity contribution in [1.82, 2.24) is 15.5 Å². The van der Waals surface area contributed by atoms with E-state index in [0.717, 1.165) is 16.9 Å². The standard InChI is InChI=1S/C20H23N3O3/c1-26-17-9-7-16(8-10-17)20(15-5-3-2-4-6-15)22-19(25)14-23-12-11-21-18(24)13-23/h2-10,20H,11-14H2,1H3,(H,21,24)(H,22,25)/t20-/m0/s1. The number of nitrogens with zero attached hydrogens (tertiary/aromatic N) is 1. The summed E-state index contributed by atoms with van der Waals surface area (Å²) < 4.78 is 5.21. The van der Waals surface area contributed by atoms with Crippen LogP contribution in [-0.2, 0) is 9.59 Å². The van der Waals surface area contributed by atoms with E-state index < -0.39 is 0 Å². The van der Waals surface area contributed by atoms with Gasteiger partial charge in [0.2, 0.25) is 11.8 Å². The molecule has 1 fully saturated rings. The van der Waals surface area contributed by atoms with Gasteiger partial charge < -0.3 is 15.4 Å². The van der Waals surface area contributed by atoms with Crippen molar-refractivity contribution in [1.29, 1.82) is 0 Å². The maximum absolute atomic E-state index is 12.6. The fourth-order valence-corrected chi connectivity index (χ4v) is 3.04. The molecule has 0 aromatic heterocycles. The minimum absolute atomic E-state index is 0.0428. The monoisotopic (exact) mass is 353 g/mol. The van der Waals surface area contributed by atoms with E-state index >= 15 is 0 Å². The van der Waals surface area contributed by atoms with Crippen molar-refractivity contribution in [2.24, 2.45) is 0 Å². The van der Waals surface area contributed by atoms with Gasteiger partial charge in [-0.15, -0.1) is 0 Å². The van der Waals surface area contributed by atoms with Crippen molar-refractivity contribution in [3.05, 3.63) is 65.7 Å². The number of hydrogen-bond donors (Lipinski definition) is 2. The number of piperazine rings is 1. The molecular formula is C20H23N3O3. The smallest absolute Gasteiger partial charge is 0.234 e. The van der Waals surface area contributed by atoms with E-state index in [-0.39, 0.29) is 30.9 Å². The van der Waals surface area contributed by atoms with Gasteiger partial charge in [-0.05, 0) is 23.3 Å². The Hall–Kier alpha value is -2.86. The molecule has 1 aliphatic rings. The quantitative estimate of drug-likeness (QED) is 0.822. The lowest BCUT2D eigenvalue weighted by molar-refractivity contribution is -0.127. The van der Waals surface area contributed by atoms with E-state index in [1.54, 1.807) is 7.11 Å². The highest BCUT2D eigenvalue weighted by molar-refractivity contribution is 5.82. The SMILES string of the molecule is COc1ccc([C@@H](NC(=O)CN2CCNC(=O)C2)c2ccccc2)cc1. The summed E-state index contributed by atoms with van der Waals surface area (Å²) in [6.45, 7) is 1.71. The van der Waals surface area contributed by atoms with E-state index in [9.17, 15) is 9.59 Å². The molecule has 0 spiro atoms. The second-order valence-electron chi connectivity index (χ2n) is 6.24. The Morgan fingerprint density at radius 1 is 1.15 bits per heavy atom. The van der Waals surface area contributed by atoms with Gasteiger partial charge in [0.05, 0.1) is 26.2 Å². The third-order valence-electron chi connectivity index (χ3n) is 4.37. The summed E-state index contributed by atoms with van der Waals surface area (Å²) in [4.78, 5) is 25.9. The van der Waals surface area contributed by atoms with E-state index in [2.05, 4.69) is 10.6 Å². The van der Waals surface area contributed by atoms with Crippen molar-refractivity contribution < 1.29 is 14.3 Å². The molecule has 2 aromatic rings. The molecule has 0 unspecified atom stereocenters. The molecule has 1 aliphatic heterocycles. The molecule has 2 amide bonds. The summed E-state index contributed by atoms with van der Waals surface area (Å²) in [6.07, 6.45) is 0. The Labute approximate surface area is 153 Å². The van der Waals surface area contributed by atoms with Crippen molar-refractivity contribution in [2.45, 2.75) is 6.04 Å². The third-order valence-corrected chi connectivity index (χ3v) is 4.37. The van der Waals surface area contributed by atoms with E-state index in [1.807, 2.05) is 59.5 Å². The number of benzene rings is 2. The maximum atomic E-state index is 12.6. The highest BCUT2D eigenvalue weighted by atomic mass is 16.5. The number of carbonyl (C=O) groups excluding carboxylic acids is 2. The van der Waals surface area contributed by atoms with Gasteiger partial charge in [-0.1, -0.05) is 42.5 Å². The van der Waals surface area contributed by atoms with Crippen LogP contribution in [0.4, 0.5) is 0 Å². The predicted octanol–water partition coefficient (Wildman–Crippen LogP) is 1.33. The van der Waals surface area contributed by atoms with Gasteiger partial charge >= 0.3 is 0 Å². The first kappa shape index (κ1) is 17.9. The molecule has 1 saturated heterocycles. The van der Waals surface area contributed by atoms with E-state index in [4.69, 9.17) is 4.74 Å². The van der Waals surface area contributed by atoms with Gasteiger partial charge in [0.15, 0.2) is 0 Å². The number of nitrogens with one attached hydrogen (secondary N) is 2. The summed E-state index contributed by atoms with van der Waals surface area (Å²) in [7, 11) is 1.63. The Bertz CT molecular complexity index is 747. The highest BCUT2D eigenvalue weighted by Crippen LogP contribution is 2.24. The molecule has 26 heavy (non-hydrogen) atoms. The van der Waals surface area contributed by atoms with Gasteiger partial charge in [-0.3, -0.25) is 14.5 Å². The summed E-state index contributed by atoms with van der Waals surface area (Å²) in [5.41, 5.74) is 1.98. The van der Waals surface area contributed by atoms with Crippen LogP contribution in [0.1, 0.15) is 17.2 Å². The average molecular weight is 353 g/mol. The largest absolute Gasteiger partial charge is 0.497 e. The highest BCUT2D eigenvalue weighted by Gasteiger charge is 2.21. The molecule has 0 radical (unpaired) electrons. The van der Waals surface area contributed by atoms with Gasteiger partial charge in [0, 0.05) is 13.1 Å². The van der Waals surface area contributed by atoms with Gasteiger partial charge in [0.1, 0.15) is 5.75 Å². The molecule has 6 heteroatoms. The predicted molar refractivity (Wildman–Crippen MR) is 98.9 cm³/mol. The van der Waals surface area contributed by atoms with Crippen LogP contribution in [0.5, 0.6) is 5.75 Å². The van der Waals surface area contributed by atoms with Crippen LogP contribution < -0.4 is 15.4 Å². The Kier molecular flexibility index (Phi) is 5.86. The zero-order chi connectivity index (χ0) is 18.4. The number of methoxy groups -OCH3 is 1. The summed E-state index contributed by atoms with van der Waals surface area (Å²) in [6, 6.07) is 17.2. The van der Waals surface area contributed by atoms with E-state index in [1.165, 1.54) is 0 Å². The first-order chi connectivity index (χ1) is 12.7. The van der Waals surface area contributed by atoms with Crippen LogP contribution in [0.2, 0.25) is 0 Å². The second-order valence-corrected chi connectivity index (χ2v) is 6.24. The normalized spacial score (nSPS) is 15.8. The molecule has 3 rings (SSSR count). The fraction of sp³-hybridized carbons (Fsp3) is 0.300. The van der Waals surface area contributed by atoms with Gasteiger partial charge in [0.25, 0.3) is 0 Å². The lowest BCUT2D eigenvalue weighted by Crippen LogP contribution is -2.50. The summed E-state index contributed by atoms with van der Waals surface area (Å²) in [5, 5.41) is 5.86. The number of rotatable bonds is 6. The fourth-order valence-electron chi connectivity index (χ4n) is 3.04. The van der Waals surface area contributed by atoms with Gasteiger partial charge in [-0.2, -0.15) is 0 Å². The van der Waals surface area contributed by atoms with Crippen molar-refractivity contribution in [2.75, 3.05) is 33.3 Å². The minimum Gasteiger partial charge on any atom is -0.497 e. The first-order valence-corrected chi connectivity index (χ1v) is 8.63. The molecule has 0 aliphatic carbocycles. The van der Waals surface area contributed by atoms with Crippen LogP contribution in [0.25, 0.3) is 0 Å². The van der Waals surface area contributed by atoms with Crippen LogP contribution >= 0.6 is 0 Å².